The van der Waals surface area contributed by atoms with Gasteiger partial charge in [-0.05, 0) is 19.1 Å². The molecular weight excluding hydrogens is 222 g/mol. The van der Waals surface area contributed by atoms with Crippen LogP contribution in [0.2, 0.25) is 0 Å². The molecule has 2 rings (SSSR count). The molecule has 0 aliphatic carbocycles. The van der Waals surface area contributed by atoms with Gasteiger partial charge >= 0.3 is 5.97 Å². The van der Waals surface area contributed by atoms with Crippen molar-refractivity contribution in [3.63, 3.8) is 0 Å². The summed E-state index contributed by atoms with van der Waals surface area (Å²) in [6, 6.07) is 8.53. The number of rotatable bonds is 3. The van der Waals surface area contributed by atoms with Crippen molar-refractivity contribution < 1.29 is 19.4 Å². The normalized spacial score (nSPS) is 20.7. The standard InChI is InChI=1S/C12H13NO4/c1-8(14)13-10(15)7-11(13)17-12(16)9-5-3-2-4-6-9/h2-6,8,11,14H,7H2,1H3/t8-,11?/m1/s1. The summed E-state index contributed by atoms with van der Waals surface area (Å²) >= 11 is 0. The Balaban J connectivity index is 1.99. The van der Waals surface area contributed by atoms with Crippen LogP contribution in [0, 0.1) is 0 Å². The van der Waals surface area contributed by atoms with Gasteiger partial charge in [0.05, 0.1) is 12.0 Å². The van der Waals surface area contributed by atoms with Crippen LogP contribution < -0.4 is 0 Å². The lowest BCUT2D eigenvalue weighted by molar-refractivity contribution is -0.187. The molecule has 1 amide bonds. The fourth-order valence-electron chi connectivity index (χ4n) is 1.71. The maximum atomic E-state index is 11.7. The van der Waals surface area contributed by atoms with Gasteiger partial charge in [-0.1, -0.05) is 18.2 Å². The Kier molecular flexibility index (Phi) is 3.10. The number of carbonyl (C=O) groups is 2. The van der Waals surface area contributed by atoms with Gasteiger partial charge in [0.25, 0.3) is 0 Å². The quantitative estimate of drug-likeness (QED) is 0.620. The lowest BCUT2D eigenvalue weighted by atomic mass is 10.1. The zero-order valence-electron chi connectivity index (χ0n) is 9.37. The molecule has 1 N–H and O–H groups in total. The number of benzene rings is 1. The number of amides is 1. The van der Waals surface area contributed by atoms with Gasteiger partial charge in [-0.25, -0.2) is 4.79 Å². The minimum absolute atomic E-state index is 0.128. The Labute approximate surface area is 98.6 Å². The van der Waals surface area contributed by atoms with E-state index < -0.39 is 18.4 Å². The molecule has 1 aliphatic heterocycles. The van der Waals surface area contributed by atoms with Gasteiger partial charge in [-0.15, -0.1) is 0 Å². The van der Waals surface area contributed by atoms with E-state index >= 15 is 0 Å². The second-order valence-corrected chi connectivity index (χ2v) is 3.86. The van der Waals surface area contributed by atoms with Crippen molar-refractivity contribution in [2.75, 3.05) is 0 Å². The summed E-state index contributed by atoms with van der Waals surface area (Å²) in [5.74, 6) is -0.709. The fourth-order valence-corrected chi connectivity index (χ4v) is 1.71. The number of hydrogen-bond acceptors (Lipinski definition) is 4. The molecule has 0 bridgehead atoms. The van der Waals surface area contributed by atoms with Crippen molar-refractivity contribution >= 4 is 11.9 Å². The first-order valence-electron chi connectivity index (χ1n) is 5.35. The molecule has 1 heterocycles. The zero-order valence-corrected chi connectivity index (χ0v) is 9.37. The van der Waals surface area contributed by atoms with E-state index in [1.54, 1.807) is 30.3 Å². The monoisotopic (exact) mass is 235 g/mol. The minimum atomic E-state index is -0.940. The SMILES string of the molecule is C[C@@H](O)N1C(=O)CC1OC(=O)c1ccccc1. The van der Waals surface area contributed by atoms with E-state index in [1.165, 1.54) is 6.92 Å². The van der Waals surface area contributed by atoms with Crippen LogP contribution in [-0.4, -0.2) is 34.3 Å². The van der Waals surface area contributed by atoms with Gasteiger partial charge in [0.2, 0.25) is 5.91 Å². The Morgan fingerprint density at radius 2 is 2.12 bits per heavy atom. The maximum absolute atomic E-state index is 11.7. The molecule has 1 fully saturated rings. The lowest BCUT2D eigenvalue weighted by Gasteiger charge is -2.40. The molecule has 5 nitrogen and oxygen atoms in total. The topological polar surface area (TPSA) is 66.8 Å². The molecule has 0 radical (unpaired) electrons. The number of hydrogen-bond donors (Lipinski definition) is 1. The van der Waals surface area contributed by atoms with Crippen molar-refractivity contribution in [2.24, 2.45) is 0 Å². The third kappa shape index (κ3) is 2.29. The number of aliphatic hydroxyl groups is 1. The van der Waals surface area contributed by atoms with Crippen molar-refractivity contribution in [3.05, 3.63) is 35.9 Å². The second kappa shape index (κ2) is 4.55. The molecule has 1 aromatic carbocycles. The highest BCUT2D eigenvalue weighted by molar-refractivity contribution is 5.91. The summed E-state index contributed by atoms with van der Waals surface area (Å²) in [5, 5.41) is 9.31. The van der Waals surface area contributed by atoms with E-state index in [0.717, 1.165) is 4.90 Å². The average Bonchev–Trinajstić information content (AvgIpc) is 2.28. The van der Waals surface area contributed by atoms with Crippen LogP contribution in [0.5, 0.6) is 0 Å². The van der Waals surface area contributed by atoms with Crippen molar-refractivity contribution in [2.45, 2.75) is 25.8 Å². The number of aliphatic hydroxyl groups excluding tert-OH is 1. The number of esters is 1. The van der Waals surface area contributed by atoms with E-state index in [-0.39, 0.29) is 12.3 Å². The fraction of sp³-hybridized carbons (Fsp3) is 0.333. The van der Waals surface area contributed by atoms with Gasteiger partial charge in [0.1, 0.15) is 6.23 Å². The summed E-state index contributed by atoms with van der Waals surface area (Å²) in [6.45, 7) is 1.46. The molecule has 1 aliphatic rings. The first kappa shape index (κ1) is 11.6. The smallest absolute Gasteiger partial charge is 0.340 e. The lowest BCUT2D eigenvalue weighted by Crippen LogP contribution is -2.58. The first-order chi connectivity index (χ1) is 8.09. The molecule has 1 saturated heterocycles. The summed E-state index contributed by atoms with van der Waals surface area (Å²) < 4.78 is 5.12. The largest absolute Gasteiger partial charge is 0.437 e. The predicted molar refractivity (Wildman–Crippen MR) is 58.8 cm³/mol. The number of β-lactam (4-membered cyclic amide) rings is 1. The van der Waals surface area contributed by atoms with Gasteiger partial charge in [-0.2, -0.15) is 0 Å². The molecule has 17 heavy (non-hydrogen) atoms. The molecule has 0 aromatic heterocycles. The van der Waals surface area contributed by atoms with Crippen LogP contribution in [-0.2, 0) is 9.53 Å². The van der Waals surface area contributed by atoms with E-state index in [1.807, 2.05) is 0 Å². The van der Waals surface area contributed by atoms with Crippen LogP contribution in [0.3, 0.4) is 0 Å². The summed E-state index contributed by atoms with van der Waals surface area (Å²) in [6.07, 6.45) is -1.47. The number of nitrogens with zero attached hydrogens (tertiary/aromatic N) is 1. The van der Waals surface area contributed by atoms with Crippen LogP contribution >= 0.6 is 0 Å². The summed E-state index contributed by atoms with van der Waals surface area (Å²) in [4.78, 5) is 24.0. The molecule has 0 spiro atoms. The Morgan fingerprint density at radius 3 is 2.65 bits per heavy atom. The predicted octanol–water partition coefficient (Wildman–Crippen LogP) is 0.740. The molecule has 2 atom stereocenters. The Bertz CT molecular complexity index is 429. The second-order valence-electron chi connectivity index (χ2n) is 3.86. The van der Waals surface area contributed by atoms with Crippen molar-refractivity contribution in [1.29, 1.82) is 0 Å². The van der Waals surface area contributed by atoms with Crippen LogP contribution in [0.1, 0.15) is 23.7 Å². The zero-order chi connectivity index (χ0) is 12.4. The van der Waals surface area contributed by atoms with Crippen molar-refractivity contribution in [3.8, 4) is 0 Å². The third-order valence-corrected chi connectivity index (χ3v) is 2.60. The first-order valence-corrected chi connectivity index (χ1v) is 5.35. The van der Waals surface area contributed by atoms with Gasteiger partial charge < -0.3 is 9.84 Å². The van der Waals surface area contributed by atoms with Gasteiger partial charge in [0.15, 0.2) is 6.23 Å². The van der Waals surface area contributed by atoms with E-state index in [4.69, 9.17) is 4.74 Å². The summed E-state index contributed by atoms with van der Waals surface area (Å²) in [5.41, 5.74) is 0.428. The molecular formula is C12H13NO4. The number of ether oxygens (including phenoxy) is 1. The van der Waals surface area contributed by atoms with Crippen LogP contribution in [0.15, 0.2) is 30.3 Å². The summed E-state index contributed by atoms with van der Waals surface area (Å²) in [7, 11) is 0. The average molecular weight is 235 g/mol. The molecule has 5 heteroatoms. The minimum Gasteiger partial charge on any atom is -0.437 e. The third-order valence-electron chi connectivity index (χ3n) is 2.60. The number of carbonyl (C=O) groups excluding carboxylic acids is 2. The van der Waals surface area contributed by atoms with E-state index in [0.29, 0.717) is 5.56 Å². The Morgan fingerprint density at radius 1 is 1.47 bits per heavy atom. The molecule has 1 aromatic rings. The van der Waals surface area contributed by atoms with Crippen molar-refractivity contribution in [1.82, 2.24) is 4.90 Å². The molecule has 0 saturated carbocycles. The molecule has 90 valence electrons. The van der Waals surface area contributed by atoms with Gasteiger partial charge in [-0.3, -0.25) is 9.69 Å². The highest BCUT2D eigenvalue weighted by Gasteiger charge is 2.41. The van der Waals surface area contributed by atoms with E-state index in [2.05, 4.69) is 0 Å². The van der Waals surface area contributed by atoms with E-state index in [9.17, 15) is 14.7 Å². The highest BCUT2D eigenvalue weighted by Crippen LogP contribution is 2.23. The Hall–Kier alpha value is -1.88. The van der Waals surface area contributed by atoms with Crippen LogP contribution in [0.4, 0.5) is 0 Å². The maximum Gasteiger partial charge on any atom is 0.340 e. The van der Waals surface area contributed by atoms with Crippen LogP contribution in [0.25, 0.3) is 0 Å². The molecule has 1 unspecified atom stereocenters. The number of likely N-dealkylation sites (tertiary alicyclic amines) is 1. The van der Waals surface area contributed by atoms with Gasteiger partial charge in [0, 0.05) is 0 Å². The highest BCUT2D eigenvalue weighted by atomic mass is 16.6.